The van der Waals surface area contributed by atoms with Crippen molar-refractivity contribution in [2.24, 2.45) is 11.8 Å². The first-order valence-corrected chi connectivity index (χ1v) is 7.13. The third-order valence-corrected chi connectivity index (χ3v) is 4.56. The Kier molecular flexibility index (Phi) is 3.41. The molecule has 1 aromatic carbocycles. The molecule has 0 heterocycles. The Balaban J connectivity index is 1.79. The van der Waals surface area contributed by atoms with E-state index in [1.165, 1.54) is 17.5 Å². The van der Waals surface area contributed by atoms with Gasteiger partial charge in [0.2, 0.25) is 0 Å². The Labute approximate surface area is 114 Å². The zero-order chi connectivity index (χ0) is 13.2. The second-order valence-corrected chi connectivity index (χ2v) is 5.63. The van der Waals surface area contributed by atoms with Gasteiger partial charge in [0.25, 0.3) is 0 Å². The first-order chi connectivity index (χ1) is 9.28. The van der Waals surface area contributed by atoms with Crippen LogP contribution in [0.2, 0.25) is 0 Å². The number of ether oxygens (including phenoxy) is 1. The molecular formula is C17H20O2. The van der Waals surface area contributed by atoms with Crippen molar-refractivity contribution in [3.63, 3.8) is 0 Å². The summed E-state index contributed by atoms with van der Waals surface area (Å²) in [5.74, 6) is 2.58. The van der Waals surface area contributed by atoms with Gasteiger partial charge in [-0.15, -0.1) is 0 Å². The number of allylic oxidation sites excluding steroid dienone is 2. The fraction of sp³-hybridized carbons (Fsp3) is 0.471. The van der Waals surface area contributed by atoms with Crippen molar-refractivity contribution in [1.29, 1.82) is 0 Å². The summed E-state index contributed by atoms with van der Waals surface area (Å²) in [6, 6.07) is 6.36. The smallest absolute Gasteiger partial charge is 0.155 e. The van der Waals surface area contributed by atoms with E-state index in [-0.39, 0.29) is 5.78 Å². The topological polar surface area (TPSA) is 26.3 Å². The van der Waals surface area contributed by atoms with Crippen LogP contribution in [0, 0.1) is 11.8 Å². The summed E-state index contributed by atoms with van der Waals surface area (Å²) in [4.78, 5) is 11.3. The summed E-state index contributed by atoms with van der Waals surface area (Å²) in [5.41, 5.74) is 2.82. The summed E-state index contributed by atoms with van der Waals surface area (Å²) in [7, 11) is 1.75. The first kappa shape index (κ1) is 12.5. The average molecular weight is 256 g/mol. The molecule has 2 aliphatic carbocycles. The molecule has 0 spiro atoms. The summed E-state index contributed by atoms with van der Waals surface area (Å²) < 4.78 is 5.45. The lowest BCUT2D eigenvalue weighted by Gasteiger charge is -2.31. The molecule has 0 aliphatic heterocycles. The third-order valence-electron chi connectivity index (χ3n) is 4.56. The summed E-state index contributed by atoms with van der Waals surface area (Å²) in [6.07, 6.45) is 9.10. The van der Waals surface area contributed by atoms with Gasteiger partial charge in [-0.3, -0.25) is 4.79 Å². The van der Waals surface area contributed by atoms with Gasteiger partial charge in [0.15, 0.2) is 5.78 Å². The highest BCUT2D eigenvalue weighted by atomic mass is 16.5. The molecular weight excluding hydrogens is 236 g/mol. The molecule has 100 valence electrons. The van der Waals surface area contributed by atoms with Crippen LogP contribution in [-0.2, 0) is 17.6 Å². The SMILES string of the molecule is COc1cccc2c1CC[C@H]([C@H]1C=CC(=O)CC1)C2. The average Bonchev–Trinajstić information content (AvgIpc) is 2.47. The molecule has 0 amide bonds. The van der Waals surface area contributed by atoms with Gasteiger partial charge in [-0.05, 0) is 60.8 Å². The largest absolute Gasteiger partial charge is 0.496 e. The number of carbonyl (C=O) groups excluding carboxylic acids is 1. The van der Waals surface area contributed by atoms with Gasteiger partial charge in [-0.25, -0.2) is 0 Å². The molecule has 2 nitrogen and oxygen atoms in total. The number of fused-ring (bicyclic) bond motifs is 1. The van der Waals surface area contributed by atoms with Crippen molar-refractivity contribution in [2.45, 2.75) is 32.1 Å². The number of hydrogen-bond donors (Lipinski definition) is 0. The molecule has 0 fully saturated rings. The van der Waals surface area contributed by atoms with Gasteiger partial charge in [-0.2, -0.15) is 0 Å². The van der Waals surface area contributed by atoms with Gasteiger partial charge in [0, 0.05) is 6.42 Å². The first-order valence-electron chi connectivity index (χ1n) is 7.13. The van der Waals surface area contributed by atoms with Crippen LogP contribution < -0.4 is 4.74 Å². The van der Waals surface area contributed by atoms with E-state index in [4.69, 9.17) is 4.74 Å². The molecule has 0 unspecified atom stereocenters. The van der Waals surface area contributed by atoms with Crippen LogP contribution in [0.1, 0.15) is 30.4 Å². The lowest BCUT2D eigenvalue weighted by Crippen LogP contribution is -2.24. The molecule has 0 radical (unpaired) electrons. The number of hydrogen-bond acceptors (Lipinski definition) is 2. The molecule has 1 aromatic rings. The highest BCUT2D eigenvalue weighted by Crippen LogP contribution is 2.37. The van der Waals surface area contributed by atoms with Gasteiger partial charge >= 0.3 is 0 Å². The number of methoxy groups -OCH3 is 1. The zero-order valence-corrected chi connectivity index (χ0v) is 11.4. The van der Waals surface area contributed by atoms with E-state index >= 15 is 0 Å². The van der Waals surface area contributed by atoms with Gasteiger partial charge in [0.05, 0.1) is 7.11 Å². The second-order valence-electron chi connectivity index (χ2n) is 5.63. The molecule has 0 aromatic heterocycles. The van der Waals surface area contributed by atoms with Crippen LogP contribution in [0.15, 0.2) is 30.4 Å². The van der Waals surface area contributed by atoms with Crippen LogP contribution in [0.4, 0.5) is 0 Å². The Bertz CT molecular complexity index is 516. The highest BCUT2D eigenvalue weighted by molar-refractivity contribution is 5.90. The molecule has 2 aliphatic rings. The second kappa shape index (κ2) is 5.20. The fourth-order valence-corrected chi connectivity index (χ4v) is 3.47. The number of rotatable bonds is 2. The van der Waals surface area contributed by atoms with Crippen molar-refractivity contribution in [3.8, 4) is 5.75 Å². The summed E-state index contributed by atoms with van der Waals surface area (Å²) in [5, 5.41) is 0. The van der Waals surface area contributed by atoms with E-state index in [0.29, 0.717) is 11.8 Å². The Morgan fingerprint density at radius 1 is 1.21 bits per heavy atom. The van der Waals surface area contributed by atoms with E-state index in [1.807, 2.05) is 0 Å². The maximum absolute atomic E-state index is 11.3. The predicted molar refractivity (Wildman–Crippen MR) is 75.4 cm³/mol. The molecule has 2 heteroatoms. The van der Waals surface area contributed by atoms with Crippen molar-refractivity contribution >= 4 is 5.78 Å². The molecule has 3 rings (SSSR count). The monoisotopic (exact) mass is 256 g/mol. The van der Waals surface area contributed by atoms with Crippen molar-refractivity contribution in [1.82, 2.24) is 0 Å². The maximum Gasteiger partial charge on any atom is 0.155 e. The predicted octanol–water partition coefficient (Wildman–Crippen LogP) is 3.34. The van der Waals surface area contributed by atoms with Gasteiger partial charge in [0.1, 0.15) is 5.75 Å². The van der Waals surface area contributed by atoms with E-state index in [2.05, 4.69) is 24.3 Å². The quantitative estimate of drug-likeness (QED) is 0.811. The van der Waals surface area contributed by atoms with E-state index in [1.54, 1.807) is 13.2 Å². The number of carbonyl (C=O) groups is 1. The minimum Gasteiger partial charge on any atom is -0.496 e. The minimum atomic E-state index is 0.286. The van der Waals surface area contributed by atoms with Crippen LogP contribution in [0.3, 0.4) is 0 Å². The van der Waals surface area contributed by atoms with Crippen molar-refractivity contribution in [3.05, 3.63) is 41.5 Å². The lowest BCUT2D eigenvalue weighted by molar-refractivity contribution is -0.115. The third kappa shape index (κ3) is 2.44. The van der Waals surface area contributed by atoms with Crippen molar-refractivity contribution in [2.75, 3.05) is 7.11 Å². The van der Waals surface area contributed by atoms with Crippen LogP contribution >= 0.6 is 0 Å². The standard InChI is InChI=1S/C17H20O2/c1-19-17-4-2-3-14-11-13(7-10-16(14)17)12-5-8-15(18)9-6-12/h2-5,8,12-13H,6-7,9-11H2,1H3/t12-,13-/m0/s1. The maximum atomic E-state index is 11.3. The molecule has 0 bridgehead atoms. The summed E-state index contributed by atoms with van der Waals surface area (Å²) in [6.45, 7) is 0. The normalized spacial score (nSPS) is 26.1. The molecule has 0 N–H and O–H groups in total. The van der Waals surface area contributed by atoms with Gasteiger partial charge in [-0.1, -0.05) is 18.2 Å². The van der Waals surface area contributed by atoms with E-state index in [9.17, 15) is 4.79 Å². The Morgan fingerprint density at radius 2 is 2.11 bits per heavy atom. The number of ketones is 1. The molecule has 2 atom stereocenters. The summed E-state index contributed by atoms with van der Waals surface area (Å²) >= 11 is 0. The lowest BCUT2D eigenvalue weighted by atomic mass is 9.74. The van der Waals surface area contributed by atoms with Crippen molar-refractivity contribution < 1.29 is 9.53 Å². The number of benzene rings is 1. The van der Waals surface area contributed by atoms with E-state index < -0.39 is 0 Å². The Morgan fingerprint density at radius 3 is 2.84 bits per heavy atom. The Hall–Kier alpha value is -1.57. The van der Waals surface area contributed by atoms with E-state index in [0.717, 1.165) is 31.4 Å². The van der Waals surface area contributed by atoms with Gasteiger partial charge < -0.3 is 4.74 Å². The zero-order valence-electron chi connectivity index (χ0n) is 11.4. The molecule has 0 saturated carbocycles. The van der Waals surface area contributed by atoms with Crippen LogP contribution in [0.25, 0.3) is 0 Å². The van der Waals surface area contributed by atoms with Crippen LogP contribution in [0.5, 0.6) is 5.75 Å². The van der Waals surface area contributed by atoms with Crippen LogP contribution in [-0.4, -0.2) is 12.9 Å². The fourth-order valence-electron chi connectivity index (χ4n) is 3.47. The molecule has 0 saturated heterocycles. The highest BCUT2D eigenvalue weighted by Gasteiger charge is 2.27. The minimum absolute atomic E-state index is 0.286. The molecule has 19 heavy (non-hydrogen) atoms.